The molecule has 25 heavy (non-hydrogen) atoms. The maximum absolute atomic E-state index is 12.8. The second-order valence-corrected chi connectivity index (χ2v) is 7.59. The van der Waals surface area contributed by atoms with Crippen LogP contribution in [0.1, 0.15) is 19.3 Å². The fraction of sp³-hybridized carbons (Fsp3) is 0.412. The van der Waals surface area contributed by atoms with E-state index < -0.39 is 16.1 Å². The molecule has 1 atom stereocenters. The molecule has 0 radical (unpaired) electrons. The standard InChI is InChI=1S/C17H23N3O4S/c1-18-16(21)11-7-12-19-17(22)15-10-5-6-13-20(15)25(23,24)14-8-3-2-4-9-14/h2-4,7-9,11,15H,5-6,10,12-13H2,1H3,(H,18,21)(H,19,22)/b11-7+. The summed E-state index contributed by atoms with van der Waals surface area (Å²) in [6.07, 6.45) is 4.85. The van der Waals surface area contributed by atoms with E-state index in [1.165, 1.54) is 35.6 Å². The van der Waals surface area contributed by atoms with Crippen LogP contribution in [0, 0.1) is 0 Å². The number of hydrogen-bond acceptors (Lipinski definition) is 4. The minimum Gasteiger partial charge on any atom is -0.356 e. The summed E-state index contributed by atoms with van der Waals surface area (Å²) in [5.74, 6) is -0.610. The first kappa shape index (κ1) is 19.1. The lowest BCUT2D eigenvalue weighted by molar-refractivity contribution is -0.125. The van der Waals surface area contributed by atoms with Gasteiger partial charge in [0.1, 0.15) is 6.04 Å². The molecule has 1 aliphatic rings. The molecule has 0 aromatic heterocycles. The Bertz CT molecular complexity index is 732. The van der Waals surface area contributed by atoms with Crippen LogP contribution in [0.15, 0.2) is 47.4 Å². The Hall–Kier alpha value is -2.19. The number of benzene rings is 1. The molecule has 7 nitrogen and oxygen atoms in total. The van der Waals surface area contributed by atoms with Gasteiger partial charge in [0.2, 0.25) is 21.8 Å². The third-order valence-corrected chi connectivity index (χ3v) is 5.94. The molecule has 1 saturated heterocycles. The average molecular weight is 365 g/mol. The lowest BCUT2D eigenvalue weighted by atomic mass is 10.0. The number of likely N-dealkylation sites (N-methyl/N-ethyl adjacent to an activating group) is 1. The third-order valence-electron chi connectivity index (χ3n) is 4.02. The van der Waals surface area contributed by atoms with Crippen molar-refractivity contribution in [3.63, 3.8) is 0 Å². The molecular formula is C17H23N3O4S. The van der Waals surface area contributed by atoms with Gasteiger partial charge in [-0.3, -0.25) is 9.59 Å². The number of carbonyl (C=O) groups is 2. The molecule has 1 aromatic carbocycles. The van der Waals surface area contributed by atoms with Crippen LogP contribution in [0.3, 0.4) is 0 Å². The molecule has 1 aliphatic heterocycles. The number of nitrogens with zero attached hydrogens (tertiary/aromatic N) is 1. The molecule has 1 heterocycles. The lowest BCUT2D eigenvalue weighted by Crippen LogP contribution is -2.51. The van der Waals surface area contributed by atoms with Crippen LogP contribution in [0.5, 0.6) is 0 Å². The SMILES string of the molecule is CNC(=O)/C=C/CNC(=O)C1CCCCN1S(=O)(=O)c1ccccc1. The van der Waals surface area contributed by atoms with E-state index in [0.29, 0.717) is 13.0 Å². The van der Waals surface area contributed by atoms with Gasteiger partial charge in [0.05, 0.1) is 4.90 Å². The Kier molecular flexibility index (Phi) is 6.72. The van der Waals surface area contributed by atoms with Crippen LogP contribution in [-0.2, 0) is 19.6 Å². The van der Waals surface area contributed by atoms with Crippen molar-refractivity contribution in [2.75, 3.05) is 20.1 Å². The van der Waals surface area contributed by atoms with Crippen LogP contribution in [0.25, 0.3) is 0 Å². The van der Waals surface area contributed by atoms with E-state index >= 15 is 0 Å². The van der Waals surface area contributed by atoms with Crippen molar-refractivity contribution in [3.05, 3.63) is 42.5 Å². The quantitative estimate of drug-likeness (QED) is 0.724. The predicted molar refractivity (Wildman–Crippen MR) is 94.2 cm³/mol. The van der Waals surface area contributed by atoms with E-state index in [4.69, 9.17) is 0 Å². The summed E-state index contributed by atoms with van der Waals surface area (Å²) in [6.45, 7) is 0.491. The summed E-state index contributed by atoms with van der Waals surface area (Å²) in [7, 11) is -2.20. The Labute approximate surface area is 148 Å². The molecule has 1 fully saturated rings. The van der Waals surface area contributed by atoms with Crippen molar-refractivity contribution in [1.82, 2.24) is 14.9 Å². The number of piperidine rings is 1. The van der Waals surface area contributed by atoms with Crippen molar-refractivity contribution in [2.45, 2.75) is 30.2 Å². The van der Waals surface area contributed by atoms with Crippen molar-refractivity contribution < 1.29 is 18.0 Å². The van der Waals surface area contributed by atoms with Gasteiger partial charge in [-0.1, -0.05) is 30.7 Å². The van der Waals surface area contributed by atoms with E-state index in [1.807, 2.05) is 0 Å². The zero-order valence-corrected chi connectivity index (χ0v) is 15.0. The molecule has 1 unspecified atom stereocenters. The number of sulfonamides is 1. The molecule has 136 valence electrons. The van der Waals surface area contributed by atoms with Gasteiger partial charge in [0.25, 0.3) is 0 Å². The van der Waals surface area contributed by atoms with Gasteiger partial charge < -0.3 is 10.6 Å². The van der Waals surface area contributed by atoms with Gasteiger partial charge in [-0.05, 0) is 25.0 Å². The van der Waals surface area contributed by atoms with Crippen LogP contribution in [-0.4, -0.2) is 50.7 Å². The first-order chi connectivity index (χ1) is 12.0. The molecule has 0 saturated carbocycles. The number of carbonyl (C=O) groups excluding carboxylic acids is 2. The highest BCUT2D eigenvalue weighted by Gasteiger charge is 2.37. The van der Waals surface area contributed by atoms with Gasteiger partial charge >= 0.3 is 0 Å². The van der Waals surface area contributed by atoms with Crippen molar-refractivity contribution in [1.29, 1.82) is 0 Å². The monoisotopic (exact) mass is 365 g/mol. The van der Waals surface area contributed by atoms with E-state index in [9.17, 15) is 18.0 Å². The number of amides is 2. The van der Waals surface area contributed by atoms with E-state index in [-0.39, 0.29) is 23.3 Å². The smallest absolute Gasteiger partial charge is 0.243 e. The van der Waals surface area contributed by atoms with Gasteiger partial charge in [-0.25, -0.2) is 8.42 Å². The predicted octanol–water partition coefficient (Wildman–Crippen LogP) is 0.648. The van der Waals surface area contributed by atoms with Crippen LogP contribution in [0.4, 0.5) is 0 Å². The van der Waals surface area contributed by atoms with Crippen LogP contribution in [0.2, 0.25) is 0 Å². The summed E-state index contributed by atoms with van der Waals surface area (Å²) in [6, 6.07) is 7.41. The lowest BCUT2D eigenvalue weighted by Gasteiger charge is -2.33. The highest BCUT2D eigenvalue weighted by molar-refractivity contribution is 7.89. The molecule has 0 bridgehead atoms. The van der Waals surface area contributed by atoms with Gasteiger partial charge in [0.15, 0.2) is 0 Å². The molecule has 1 aromatic rings. The Morgan fingerprint density at radius 1 is 1.24 bits per heavy atom. The number of nitrogens with one attached hydrogen (secondary N) is 2. The Morgan fingerprint density at radius 2 is 1.96 bits per heavy atom. The maximum atomic E-state index is 12.8. The molecule has 2 amide bonds. The molecule has 0 spiro atoms. The third kappa shape index (κ3) is 4.90. The Balaban J connectivity index is 2.08. The fourth-order valence-electron chi connectivity index (χ4n) is 2.71. The fourth-order valence-corrected chi connectivity index (χ4v) is 4.39. The summed E-state index contributed by atoms with van der Waals surface area (Å²) in [5.41, 5.74) is 0. The number of rotatable bonds is 6. The first-order valence-electron chi connectivity index (χ1n) is 8.19. The highest BCUT2D eigenvalue weighted by Crippen LogP contribution is 2.25. The van der Waals surface area contributed by atoms with Crippen molar-refractivity contribution >= 4 is 21.8 Å². The zero-order valence-electron chi connectivity index (χ0n) is 14.1. The van der Waals surface area contributed by atoms with Gasteiger partial charge in [-0.15, -0.1) is 0 Å². The van der Waals surface area contributed by atoms with E-state index in [1.54, 1.807) is 18.2 Å². The second-order valence-electron chi connectivity index (χ2n) is 5.70. The first-order valence-corrected chi connectivity index (χ1v) is 9.63. The molecule has 0 aliphatic carbocycles. The zero-order chi connectivity index (χ0) is 18.3. The van der Waals surface area contributed by atoms with Crippen molar-refractivity contribution in [3.8, 4) is 0 Å². The molecule has 8 heteroatoms. The van der Waals surface area contributed by atoms with Crippen LogP contribution >= 0.6 is 0 Å². The van der Waals surface area contributed by atoms with Gasteiger partial charge in [-0.2, -0.15) is 4.31 Å². The summed E-state index contributed by atoms with van der Waals surface area (Å²) in [4.78, 5) is 23.7. The molecular weight excluding hydrogens is 342 g/mol. The average Bonchev–Trinajstić information content (AvgIpc) is 2.65. The normalized spacial score (nSPS) is 18.8. The highest BCUT2D eigenvalue weighted by atomic mass is 32.2. The maximum Gasteiger partial charge on any atom is 0.243 e. The van der Waals surface area contributed by atoms with Gasteiger partial charge in [0, 0.05) is 26.2 Å². The summed E-state index contributed by atoms with van der Waals surface area (Å²) >= 11 is 0. The van der Waals surface area contributed by atoms with Crippen LogP contribution < -0.4 is 10.6 Å². The second kappa shape index (κ2) is 8.77. The van der Waals surface area contributed by atoms with E-state index in [0.717, 1.165) is 12.8 Å². The molecule has 2 rings (SSSR count). The van der Waals surface area contributed by atoms with Crippen molar-refractivity contribution in [2.24, 2.45) is 0 Å². The van der Waals surface area contributed by atoms with E-state index in [2.05, 4.69) is 10.6 Å². The molecule has 2 N–H and O–H groups in total. The topological polar surface area (TPSA) is 95.6 Å². The number of hydrogen-bond donors (Lipinski definition) is 2. The minimum absolute atomic E-state index is 0.169. The summed E-state index contributed by atoms with van der Waals surface area (Å²) in [5, 5.41) is 5.11. The summed E-state index contributed by atoms with van der Waals surface area (Å²) < 4.78 is 27.0. The largest absolute Gasteiger partial charge is 0.356 e. The Morgan fingerprint density at radius 3 is 2.64 bits per heavy atom. The minimum atomic E-state index is -3.71.